The van der Waals surface area contributed by atoms with Gasteiger partial charge in [-0.3, -0.25) is 0 Å². The van der Waals surface area contributed by atoms with Gasteiger partial charge >= 0.3 is 0 Å². The lowest BCUT2D eigenvalue weighted by molar-refractivity contribution is -0.880. The average Bonchev–Trinajstić information content (AvgIpc) is 2.77. The molecule has 0 fully saturated rings. The van der Waals surface area contributed by atoms with Crippen LogP contribution in [0.1, 0.15) is 26.7 Å². The van der Waals surface area contributed by atoms with E-state index in [0.717, 1.165) is 13.1 Å². The molecule has 0 aromatic heterocycles. The second-order valence-corrected chi connectivity index (χ2v) is 8.32. The summed E-state index contributed by atoms with van der Waals surface area (Å²) in [7, 11) is 4.30. The maximum atomic E-state index is 9.96. The topological polar surface area (TPSA) is 274 Å². The van der Waals surface area contributed by atoms with Gasteiger partial charge in [0.25, 0.3) is 0 Å². The van der Waals surface area contributed by atoms with Gasteiger partial charge in [-0.05, 0) is 12.8 Å². The molecule has 0 saturated heterocycles. The standard InChI is InChI=1S/2C7H19N3.C6H10O8/c2*1-3-4-10(2)6-7(9)5-8;7-1(3(9)5(11)12)2(8)4(10)6(13)14/h2*7H,3-6,8-9H2,1-2H3;1-4,7-10H,(H,11,12)(H,13,14). The van der Waals surface area contributed by atoms with Gasteiger partial charge in [0.2, 0.25) is 0 Å². The molecule has 0 saturated carbocycles. The molecular weight excluding hydrogens is 452 g/mol. The summed E-state index contributed by atoms with van der Waals surface area (Å²) in [5.41, 5.74) is 22.1. The highest BCUT2D eigenvalue weighted by molar-refractivity contribution is 5.72. The largest absolute Gasteiger partial charge is 0.547 e. The van der Waals surface area contributed by atoms with Crippen LogP contribution >= 0.6 is 0 Å². The Morgan fingerprint density at radius 3 is 1.18 bits per heavy atom. The second kappa shape index (κ2) is 22.0. The van der Waals surface area contributed by atoms with Gasteiger partial charge in [0, 0.05) is 13.1 Å². The molecule has 14 nitrogen and oxygen atoms in total. The number of aliphatic hydroxyl groups excluding tert-OH is 4. The van der Waals surface area contributed by atoms with Crippen LogP contribution in [0, 0.1) is 0 Å². The number of carbonyl (C=O) groups excluding carboxylic acids is 2. The minimum Gasteiger partial charge on any atom is -0.547 e. The lowest BCUT2D eigenvalue weighted by atomic mass is 10.0. The number of aliphatic carboxylic acids is 2. The van der Waals surface area contributed by atoms with Gasteiger partial charge in [0.05, 0.1) is 64.3 Å². The van der Waals surface area contributed by atoms with Crippen LogP contribution in [0.2, 0.25) is 0 Å². The number of hydrogen-bond acceptors (Lipinski definition) is 12. The Morgan fingerprint density at radius 1 is 0.735 bits per heavy atom. The van der Waals surface area contributed by atoms with Crippen molar-refractivity contribution < 1.29 is 50.0 Å². The Morgan fingerprint density at radius 2 is 1.00 bits per heavy atom. The maximum Gasteiger partial charge on any atom is 0.122 e. The maximum absolute atomic E-state index is 9.96. The van der Waals surface area contributed by atoms with Crippen LogP contribution in [0.4, 0.5) is 0 Å². The number of nitrogens with two attached hydrogens (primary N) is 4. The van der Waals surface area contributed by atoms with E-state index in [1.165, 1.54) is 35.7 Å². The van der Waals surface area contributed by atoms with Crippen molar-refractivity contribution in [1.29, 1.82) is 0 Å². The van der Waals surface area contributed by atoms with Crippen molar-refractivity contribution >= 4 is 11.9 Å². The fraction of sp³-hybridized carbons (Fsp3) is 0.900. The van der Waals surface area contributed by atoms with Gasteiger partial charge in [-0.15, -0.1) is 0 Å². The van der Waals surface area contributed by atoms with Crippen LogP contribution < -0.4 is 42.9 Å². The molecule has 0 amide bonds. The SMILES string of the molecule is CCC[NH+](C)CC(N)CN.CCC[NH+](C)CC(N)CN.O=C([O-])C(O)C(O)C(O)C(O)C(=O)[O-]. The van der Waals surface area contributed by atoms with E-state index < -0.39 is 36.4 Å². The number of rotatable bonds is 15. The molecule has 0 aliphatic heterocycles. The van der Waals surface area contributed by atoms with E-state index in [-0.39, 0.29) is 12.1 Å². The first-order valence-corrected chi connectivity index (χ1v) is 11.4. The summed E-state index contributed by atoms with van der Waals surface area (Å²) in [6.45, 7) is 9.91. The molecule has 0 aromatic carbocycles. The normalized spacial score (nSPS) is 17.9. The Kier molecular flexibility index (Phi) is 24.0. The van der Waals surface area contributed by atoms with Crippen LogP contribution in [0.15, 0.2) is 0 Å². The van der Waals surface area contributed by atoms with Gasteiger partial charge in [-0.2, -0.15) is 0 Å². The van der Waals surface area contributed by atoms with E-state index in [1.807, 2.05) is 0 Å². The van der Waals surface area contributed by atoms with Crippen molar-refractivity contribution in [1.82, 2.24) is 0 Å². The van der Waals surface area contributed by atoms with E-state index in [1.54, 1.807) is 0 Å². The average molecular weight is 501 g/mol. The van der Waals surface area contributed by atoms with E-state index in [0.29, 0.717) is 13.1 Å². The summed E-state index contributed by atoms with van der Waals surface area (Å²) >= 11 is 0. The Hall–Kier alpha value is -1.46. The molecule has 0 bridgehead atoms. The molecule has 0 rings (SSSR count). The van der Waals surface area contributed by atoms with E-state index in [9.17, 15) is 19.8 Å². The summed E-state index contributed by atoms with van der Waals surface area (Å²) in [4.78, 5) is 22.9. The smallest absolute Gasteiger partial charge is 0.122 e. The summed E-state index contributed by atoms with van der Waals surface area (Å²) in [6, 6.07) is 0.345. The van der Waals surface area contributed by atoms with Crippen LogP contribution in [0.25, 0.3) is 0 Å². The highest BCUT2D eigenvalue weighted by Gasteiger charge is 2.31. The molecule has 14 N–H and O–H groups in total. The minimum atomic E-state index is -2.50. The number of carboxylic acid groups (broad SMARTS) is 2. The summed E-state index contributed by atoms with van der Waals surface area (Å²) in [5.74, 6) is -4.22. The van der Waals surface area contributed by atoms with Crippen molar-refractivity contribution in [3.8, 4) is 0 Å². The Balaban J connectivity index is -0.000000434. The minimum absolute atomic E-state index is 0.173. The molecule has 206 valence electrons. The van der Waals surface area contributed by atoms with Crippen molar-refractivity contribution in [3.63, 3.8) is 0 Å². The lowest BCUT2D eigenvalue weighted by Crippen LogP contribution is -3.10. The third kappa shape index (κ3) is 20.0. The fourth-order valence-corrected chi connectivity index (χ4v) is 2.77. The Labute approximate surface area is 202 Å². The predicted octanol–water partition coefficient (Wildman–Crippen LogP) is -9.68. The molecule has 0 aliphatic carbocycles. The summed E-state index contributed by atoms with van der Waals surface area (Å²) < 4.78 is 0. The first kappa shape index (κ1) is 37.1. The van der Waals surface area contributed by atoms with Gasteiger partial charge < -0.3 is 73.0 Å². The molecule has 8 atom stereocenters. The molecule has 0 radical (unpaired) electrons. The van der Waals surface area contributed by atoms with Gasteiger partial charge in [0.1, 0.15) is 24.4 Å². The molecule has 0 aromatic rings. The van der Waals surface area contributed by atoms with Crippen molar-refractivity contribution in [2.24, 2.45) is 22.9 Å². The van der Waals surface area contributed by atoms with Crippen molar-refractivity contribution in [3.05, 3.63) is 0 Å². The number of carbonyl (C=O) groups is 2. The zero-order chi connectivity index (χ0) is 27.4. The van der Waals surface area contributed by atoms with Crippen LogP contribution in [-0.4, -0.2) is 122 Å². The highest BCUT2D eigenvalue weighted by atomic mass is 16.4. The molecule has 34 heavy (non-hydrogen) atoms. The molecule has 0 spiro atoms. The summed E-state index contributed by atoms with van der Waals surface area (Å²) in [5, 5.41) is 54.7. The number of aliphatic hydroxyl groups is 4. The molecular formula is C20H48N6O8. The third-order valence-corrected chi connectivity index (χ3v) is 4.66. The van der Waals surface area contributed by atoms with Crippen LogP contribution in [0.3, 0.4) is 0 Å². The van der Waals surface area contributed by atoms with Gasteiger partial charge in [0.15, 0.2) is 0 Å². The van der Waals surface area contributed by atoms with E-state index in [2.05, 4.69) is 27.9 Å². The number of quaternary nitrogens is 2. The number of likely N-dealkylation sites (N-methyl/N-ethyl adjacent to an activating group) is 2. The molecule has 0 heterocycles. The monoisotopic (exact) mass is 500 g/mol. The third-order valence-electron chi connectivity index (χ3n) is 4.66. The molecule has 8 unspecified atom stereocenters. The predicted molar refractivity (Wildman–Crippen MR) is 122 cm³/mol. The van der Waals surface area contributed by atoms with E-state index in [4.69, 9.17) is 43.4 Å². The Bertz CT molecular complexity index is 475. The van der Waals surface area contributed by atoms with Crippen LogP contribution in [0.5, 0.6) is 0 Å². The van der Waals surface area contributed by atoms with Gasteiger partial charge in [-0.25, -0.2) is 0 Å². The van der Waals surface area contributed by atoms with Crippen LogP contribution in [-0.2, 0) is 9.59 Å². The quantitative estimate of drug-likeness (QED) is 0.100. The number of nitrogens with one attached hydrogen (secondary N) is 2. The van der Waals surface area contributed by atoms with Crippen molar-refractivity contribution in [2.75, 3.05) is 53.4 Å². The zero-order valence-electron chi connectivity index (χ0n) is 20.9. The zero-order valence-corrected chi connectivity index (χ0v) is 20.9. The number of carboxylic acids is 2. The van der Waals surface area contributed by atoms with Crippen molar-refractivity contribution in [2.45, 2.75) is 63.2 Å². The first-order valence-electron chi connectivity index (χ1n) is 11.4. The first-order chi connectivity index (χ1) is 15.7. The second-order valence-electron chi connectivity index (χ2n) is 8.32. The lowest BCUT2D eigenvalue weighted by Gasteiger charge is -2.27. The molecule has 0 aliphatic rings. The summed E-state index contributed by atoms with van der Waals surface area (Å²) in [6.07, 6.45) is -7.34. The van der Waals surface area contributed by atoms with Gasteiger partial charge in [-0.1, -0.05) is 13.8 Å². The molecule has 14 heteroatoms. The number of hydrogen-bond donors (Lipinski definition) is 10. The van der Waals surface area contributed by atoms with E-state index >= 15 is 0 Å². The highest BCUT2D eigenvalue weighted by Crippen LogP contribution is 2.04. The fourth-order valence-electron chi connectivity index (χ4n) is 2.77.